The standard InChI is InChI=1S/C9H12O2/c1-9-6-4-2-3-5-7-10-11-8-9/h2-4,6H,1,5,7-8H2/b3-2-,6-4-. The highest BCUT2D eigenvalue weighted by molar-refractivity contribution is 5.19. The van der Waals surface area contributed by atoms with Gasteiger partial charge in [0.2, 0.25) is 0 Å². The van der Waals surface area contributed by atoms with Crippen LogP contribution in [-0.4, -0.2) is 13.2 Å². The molecule has 0 N–H and O–H groups in total. The molecule has 0 saturated heterocycles. The highest BCUT2D eigenvalue weighted by atomic mass is 17.2. The van der Waals surface area contributed by atoms with E-state index in [2.05, 4.69) is 6.58 Å². The van der Waals surface area contributed by atoms with Crippen LogP contribution in [0.5, 0.6) is 0 Å². The van der Waals surface area contributed by atoms with Crippen molar-refractivity contribution in [3.05, 3.63) is 36.5 Å². The number of hydrogen-bond acceptors (Lipinski definition) is 2. The molecular formula is C9H12O2. The monoisotopic (exact) mass is 152 g/mol. The van der Waals surface area contributed by atoms with Crippen LogP contribution < -0.4 is 0 Å². The zero-order valence-electron chi connectivity index (χ0n) is 6.45. The average Bonchev–Trinajstić information content (AvgIpc) is 2.03. The second-order valence-corrected chi connectivity index (χ2v) is 2.32. The van der Waals surface area contributed by atoms with Crippen molar-refractivity contribution in [2.75, 3.05) is 13.2 Å². The Bertz CT molecular complexity index is 180. The fourth-order valence-electron chi connectivity index (χ4n) is 0.707. The summed E-state index contributed by atoms with van der Waals surface area (Å²) in [6.45, 7) is 4.82. The third-order valence-electron chi connectivity index (χ3n) is 1.27. The first kappa shape index (κ1) is 8.24. The third-order valence-corrected chi connectivity index (χ3v) is 1.27. The highest BCUT2D eigenvalue weighted by Gasteiger charge is 1.91. The van der Waals surface area contributed by atoms with Crippen LogP contribution in [-0.2, 0) is 9.78 Å². The van der Waals surface area contributed by atoms with Crippen LogP contribution in [0.3, 0.4) is 0 Å². The average molecular weight is 152 g/mol. The molecule has 0 spiro atoms. The Morgan fingerprint density at radius 2 is 2.18 bits per heavy atom. The second kappa shape index (κ2) is 4.88. The van der Waals surface area contributed by atoms with E-state index in [1.165, 1.54) is 0 Å². The predicted molar refractivity (Wildman–Crippen MR) is 43.9 cm³/mol. The van der Waals surface area contributed by atoms with Crippen LogP contribution in [0.15, 0.2) is 36.5 Å². The number of hydrogen-bond donors (Lipinski definition) is 0. The van der Waals surface area contributed by atoms with Gasteiger partial charge < -0.3 is 0 Å². The van der Waals surface area contributed by atoms with E-state index in [1.807, 2.05) is 24.3 Å². The molecule has 11 heavy (non-hydrogen) atoms. The molecular weight excluding hydrogens is 140 g/mol. The Labute approximate surface area is 66.7 Å². The smallest absolute Gasteiger partial charge is 0.107 e. The molecule has 1 rings (SSSR count). The van der Waals surface area contributed by atoms with Gasteiger partial charge in [0.15, 0.2) is 0 Å². The Balaban J connectivity index is 2.44. The maximum Gasteiger partial charge on any atom is 0.107 e. The molecule has 0 fully saturated rings. The van der Waals surface area contributed by atoms with E-state index < -0.39 is 0 Å². The van der Waals surface area contributed by atoms with Gasteiger partial charge in [0.25, 0.3) is 0 Å². The van der Waals surface area contributed by atoms with Gasteiger partial charge in [-0.25, -0.2) is 9.78 Å². The molecule has 0 unspecified atom stereocenters. The maximum absolute atomic E-state index is 4.84. The first-order valence-electron chi connectivity index (χ1n) is 3.65. The van der Waals surface area contributed by atoms with Crippen LogP contribution in [0.2, 0.25) is 0 Å². The summed E-state index contributed by atoms with van der Waals surface area (Å²) < 4.78 is 0. The Morgan fingerprint density at radius 1 is 1.27 bits per heavy atom. The molecule has 60 valence electrons. The first-order valence-corrected chi connectivity index (χ1v) is 3.65. The van der Waals surface area contributed by atoms with E-state index in [0.29, 0.717) is 13.2 Å². The van der Waals surface area contributed by atoms with Crippen LogP contribution >= 0.6 is 0 Å². The molecule has 2 heteroatoms. The van der Waals surface area contributed by atoms with Gasteiger partial charge in [-0.1, -0.05) is 30.9 Å². The minimum Gasteiger partial charge on any atom is -0.236 e. The van der Waals surface area contributed by atoms with E-state index in [9.17, 15) is 0 Å². The topological polar surface area (TPSA) is 18.5 Å². The summed E-state index contributed by atoms with van der Waals surface area (Å²) in [4.78, 5) is 9.67. The minimum atomic E-state index is 0.449. The lowest BCUT2D eigenvalue weighted by Gasteiger charge is -2.03. The van der Waals surface area contributed by atoms with Crippen molar-refractivity contribution in [1.29, 1.82) is 0 Å². The van der Waals surface area contributed by atoms with Crippen LogP contribution in [0.25, 0.3) is 0 Å². The zero-order valence-corrected chi connectivity index (χ0v) is 6.45. The summed E-state index contributed by atoms with van der Waals surface area (Å²) in [5, 5.41) is 0. The number of rotatable bonds is 0. The quantitative estimate of drug-likeness (QED) is 0.494. The molecule has 0 amide bonds. The molecule has 1 aliphatic rings. The van der Waals surface area contributed by atoms with E-state index >= 15 is 0 Å². The molecule has 0 aromatic rings. The molecule has 2 nitrogen and oxygen atoms in total. The molecule has 0 aromatic heterocycles. The molecule has 0 aliphatic carbocycles. The normalized spacial score (nSPS) is 26.0. The first-order chi connectivity index (χ1) is 5.39. The fourth-order valence-corrected chi connectivity index (χ4v) is 0.707. The van der Waals surface area contributed by atoms with Crippen LogP contribution in [0.1, 0.15) is 6.42 Å². The van der Waals surface area contributed by atoms with Crippen molar-refractivity contribution in [1.82, 2.24) is 0 Å². The minimum absolute atomic E-state index is 0.449. The predicted octanol–water partition coefficient (Wildman–Crippen LogP) is 2.01. The summed E-state index contributed by atoms with van der Waals surface area (Å²) in [7, 11) is 0. The van der Waals surface area contributed by atoms with Gasteiger partial charge in [-0.05, 0) is 12.0 Å². The van der Waals surface area contributed by atoms with Crippen LogP contribution in [0.4, 0.5) is 0 Å². The summed E-state index contributed by atoms with van der Waals surface area (Å²) in [5.41, 5.74) is 0.913. The lowest BCUT2D eigenvalue weighted by atomic mass is 10.3. The maximum atomic E-state index is 4.84. The van der Waals surface area contributed by atoms with Crippen molar-refractivity contribution in [3.63, 3.8) is 0 Å². The van der Waals surface area contributed by atoms with E-state index in [4.69, 9.17) is 9.78 Å². The SMILES string of the molecule is C=C1/C=C\C=C/CCOOC1. The van der Waals surface area contributed by atoms with Crippen molar-refractivity contribution < 1.29 is 9.78 Å². The molecule has 0 radical (unpaired) electrons. The lowest BCUT2D eigenvalue weighted by molar-refractivity contribution is -0.286. The molecule has 0 bridgehead atoms. The lowest BCUT2D eigenvalue weighted by Crippen LogP contribution is -1.99. The molecule has 0 atom stereocenters. The Hall–Kier alpha value is -0.860. The molecule has 0 aromatic carbocycles. The van der Waals surface area contributed by atoms with Crippen molar-refractivity contribution in [3.8, 4) is 0 Å². The Kier molecular flexibility index (Phi) is 3.65. The van der Waals surface area contributed by atoms with Gasteiger partial charge in [0.1, 0.15) is 6.61 Å². The van der Waals surface area contributed by atoms with Gasteiger partial charge in [0.05, 0.1) is 6.61 Å². The van der Waals surface area contributed by atoms with E-state index in [1.54, 1.807) is 0 Å². The number of allylic oxidation sites excluding steroid dienone is 2. The van der Waals surface area contributed by atoms with Gasteiger partial charge in [-0.15, -0.1) is 0 Å². The largest absolute Gasteiger partial charge is 0.236 e. The third kappa shape index (κ3) is 3.75. The van der Waals surface area contributed by atoms with Gasteiger partial charge in [-0.3, -0.25) is 0 Å². The summed E-state index contributed by atoms with van der Waals surface area (Å²) >= 11 is 0. The fraction of sp³-hybridized carbons (Fsp3) is 0.333. The Morgan fingerprint density at radius 3 is 3.09 bits per heavy atom. The summed E-state index contributed by atoms with van der Waals surface area (Å²) in [5.74, 6) is 0. The second-order valence-electron chi connectivity index (χ2n) is 2.32. The van der Waals surface area contributed by atoms with Crippen LogP contribution in [0, 0.1) is 0 Å². The van der Waals surface area contributed by atoms with Gasteiger partial charge in [-0.2, -0.15) is 0 Å². The van der Waals surface area contributed by atoms with Crippen molar-refractivity contribution >= 4 is 0 Å². The van der Waals surface area contributed by atoms with Crippen molar-refractivity contribution in [2.45, 2.75) is 6.42 Å². The summed E-state index contributed by atoms with van der Waals surface area (Å²) in [6, 6.07) is 0. The van der Waals surface area contributed by atoms with E-state index in [-0.39, 0.29) is 0 Å². The molecule has 1 heterocycles. The molecule has 0 saturated carbocycles. The highest BCUT2D eigenvalue weighted by Crippen LogP contribution is 1.98. The zero-order chi connectivity index (χ0) is 7.94. The van der Waals surface area contributed by atoms with E-state index in [0.717, 1.165) is 12.0 Å². The van der Waals surface area contributed by atoms with Crippen molar-refractivity contribution in [2.24, 2.45) is 0 Å². The summed E-state index contributed by atoms with van der Waals surface area (Å²) in [6.07, 6.45) is 8.76. The molecule has 1 aliphatic heterocycles. The van der Waals surface area contributed by atoms with Gasteiger partial charge >= 0.3 is 0 Å². The van der Waals surface area contributed by atoms with Gasteiger partial charge in [0, 0.05) is 0 Å².